The zero-order valence-electron chi connectivity index (χ0n) is 17.5. The van der Waals surface area contributed by atoms with E-state index in [2.05, 4.69) is 5.32 Å². The van der Waals surface area contributed by atoms with Crippen LogP contribution in [0, 0.1) is 11.3 Å². The van der Waals surface area contributed by atoms with Gasteiger partial charge in [0.2, 0.25) is 12.7 Å². The average molecular weight is 481 g/mol. The van der Waals surface area contributed by atoms with Crippen molar-refractivity contribution in [3.8, 4) is 0 Å². The van der Waals surface area contributed by atoms with E-state index in [1.165, 1.54) is 16.7 Å². The molecule has 3 atom stereocenters. The van der Waals surface area contributed by atoms with Crippen molar-refractivity contribution in [1.82, 2.24) is 10.2 Å². The van der Waals surface area contributed by atoms with E-state index in [9.17, 15) is 19.5 Å². The molecule has 8 nitrogen and oxygen atoms in total. The third kappa shape index (κ3) is 5.27. The second-order valence-electron chi connectivity index (χ2n) is 8.42. The highest BCUT2D eigenvalue weighted by Crippen LogP contribution is 2.55. The summed E-state index contributed by atoms with van der Waals surface area (Å²) in [5, 5.41) is 13.3. The SMILES string of the molecule is CC(O)C1C(=O)N2C(C(=O)OCOC(=O)C(C)(C)C)=C(SC3CCNCC3)S[C@H]12.Cl. The Hall–Kier alpha value is -0.940. The highest BCUT2D eigenvalue weighted by Gasteiger charge is 2.58. The Morgan fingerprint density at radius 2 is 1.93 bits per heavy atom. The number of halogens is 1. The van der Waals surface area contributed by atoms with Crippen molar-refractivity contribution in [2.75, 3.05) is 19.9 Å². The first-order valence-corrected chi connectivity index (χ1v) is 11.5. The standard InChI is InChI=1S/C19H28N2O6S2.ClH/c1-10(22)12-14(23)21-13(16(24)26-9-27-18(25)19(2,3)4)17(29-15(12)21)28-11-5-7-20-8-6-11;/h10-12,15,20,22H,5-9H2,1-4H3;1H/t10?,12?,15-;/m1./s1. The summed E-state index contributed by atoms with van der Waals surface area (Å²) < 4.78 is 10.9. The lowest BCUT2D eigenvalue weighted by Crippen LogP contribution is -2.60. The predicted molar refractivity (Wildman–Crippen MR) is 118 cm³/mol. The molecule has 0 radical (unpaired) electrons. The number of rotatable bonds is 6. The van der Waals surface area contributed by atoms with Gasteiger partial charge in [-0.3, -0.25) is 14.5 Å². The van der Waals surface area contributed by atoms with E-state index < -0.39 is 36.2 Å². The summed E-state index contributed by atoms with van der Waals surface area (Å²) >= 11 is 3.02. The molecular formula is C19H29ClN2O6S2. The summed E-state index contributed by atoms with van der Waals surface area (Å²) in [7, 11) is 0. The van der Waals surface area contributed by atoms with E-state index >= 15 is 0 Å². The van der Waals surface area contributed by atoms with Gasteiger partial charge in [0.15, 0.2) is 5.70 Å². The van der Waals surface area contributed by atoms with Crippen LogP contribution in [0.2, 0.25) is 0 Å². The molecule has 3 aliphatic heterocycles. The van der Waals surface area contributed by atoms with Crippen molar-refractivity contribution in [3.63, 3.8) is 0 Å². The van der Waals surface area contributed by atoms with Gasteiger partial charge < -0.3 is 19.9 Å². The third-order valence-corrected chi connectivity index (χ3v) is 7.95. The van der Waals surface area contributed by atoms with Crippen molar-refractivity contribution in [1.29, 1.82) is 0 Å². The predicted octanol–water partition coefficient (Wildman–Crippen LogP) is 2.06. The zero-order valence-corrected chi connectivity index (χ0v) is 20.0. The monoisotopic (exact) mass is 480 g/mol. The molecule has 0 aromatic rings. The Bertz CT molecular complexity index is 718. The fourth-order valence-corrected chi connectivity index (χ4v) is 6.62. The maximum Gasteiger partial charge on any atom is 0.359 e. The Morgan fingerprint density at radius 1 is 1.30 bits per heavy atom. The van der Waals surface area contributed by atoms with Gasteiger partial charge in [-0.1, -0.05) is 11.8 Å². The van der Waals surface area contributed by atoms with Gasteiger partial charge in [0, 0.05) is 5.25 Å². The average Bonchev–Trinajstić information content (AvgIpc) is 2.95. The molecule has 0 bridgehead atoms. The lowest BCUT2D eigenvalue weighted by atomic mass is 9.92. The molecule has 0 aromatic carbocycles. The smallest absolute Gasteiger partial charge is 0.359 e. The molecule has 3 heterocycles. The molecule has 0 aromatic heterocycles. The first-order valence-electron chi connectivity index (χ1n) is 9.75. The first-order chi connectivity index (χ1) is 13.6. The topological polar surface area (TPSA) is 105 Å². The minimum absolute atomic E-state index is 0. The quantitative estimate of drug-likeness (QED) is 0.335. The Morgan fingerprint density at radius 3 is 2.50 bits per heavy atom. The minimum atomic E-state index is -0.788. The molecule has 170 valence electrons. The van der Waals surface area contributed by atoms with Gasteiger partial charge >= 0.3 is 11.9 Å². The molecule has 30 heavy (non-hydrogen) atoms. The van der Waals surface area contributed by atoms with E-state index in [4.69, 9.17) is 9.47 Å². The molecule has 11 heteroatoms. The van der Waals surface area contributed by atoms with Gasteiger partial charge in [-0.2, -0.15) is 0 Å². The number of carbonyl (C=O) groups is 3. The Balaban J connectivity index is 0.00000320. The number of piperidine rings is 1. The van der Waals surface area contributed by atoms with Crippen LogP contribution in [0.3, 0.4) is 0 Å². The van der Waals surface area contributed by atoms with Crippen molar-refractivity contribution in [2.24, 2.45) is 11.3 Å². The maximum atomic E-state index is 12.8. The van der Waals surface area contributed by atoms with Crippen molar-refractivity contribution in [3.05, 3.63) is 9.93 Å². The molecule has 0 saturated carbocycles. The fraction of sp³-hybridized carbons (Fsp3) is 0.737. The summed E-state index contributed by atoms with van der Waals surface area (Å²) in [6.07, 6.45) is 1.15. The highest BCUT2D eigenvalue weighted by atomic mass is 35.5. The Labute approximate surface area is 191 Å². The number of ether oxygens (including phenoxy) is 2. The number of thioether (sulfide) groups is 2. The number of hydrogen-bond acceptors (Lipinski definition) is 9. The third-order valence-electron chi connectivity index (χ3n) is 5.01. The van der Waals surface area contributed by atoms with Crippen molar-refractivity contribution >= 4 is 53.8 Å². The lowest BCUT2D eigenvalue weighted by molar-refractivity contribution is -0.174. The van der Waals surface area contributed by atoms with Gasteiger partial charge in [-0.05, 0) is 53.6 Å². The molecule has 2 unspecified atom stereocenters. The molecule has 0 spiro atoms. The summed E-state index contributed by atoms with van der Waals surface area (Å²) in [5.74, 6) is -1.98. The largest absolute Gasteiger partial charge is 0.427 e. The van der Waals surface area contributed by atoms with E-state index in [1.54, 1.807) is 39.5 Å². The molecule has 2 fully saturated rings. The van der Waals surface area contributed by atoms with Gasteiger partial charge in [0.1, 0.15) is 5.37 Å². The van der Waals surface area contributed by atoms with Crippen LogP contribution in [0.1, 0.15) is 40.5 Å². The van der Waals surface area contributed by atoms with Crippen LogP contribution >= 0.6 is 35.9 Å². The number of hydrogen-bond donors (Lipinski definition) is 2. The normalized spacial score (nSPS) is 25.2. The zero-order chi connectivity index (χ0) is 21.3. The van der Waals surface area contributed by atoms with Crippen LogP contribution in [0.25, 0.3) is 0 Å². The second kappa shape index (κ2) is 10.1. The van der Waals surface area contributed by atoms with Crippen LogP contribution in [-0.4, -0.2) is 64.5 Å². The van der Waals surface area contributed by atoms with Crippen LogP contribution in [0.5, 0.6) is 0 Å². The molecule has 2 saturated heterocycles. The number of amides is 1. The summed E-state index contributed by atoms with van der Waals surface area (Å²) in [4.78, 5) is 38.6. The summed E-state index contributed by atoms with van der Waals surface area (Å²) in [5.41, 5.74) is -0.495. The number of nitrogens with zero attached hydrogens (tertiary/aromatic N) is 1. The van der Waals surface area contributed by atoms with E-state index in [-0.39, 0.29) is 29.4 Å². The Kier molecular flexibility index (Phi) is 8.54. The molecule has 2 N–H and O–H groups in total. The maximum absolute atomic E-state index is 12.8. The molecule has 3 rings (SSSR count). The minimum Gasteiger partial charge on any atom is -0.427 e. The highest BCUT2D eigenvalue weighted by molar-refractivity contribution is 8.23. The van der Waals surface area contributed by atoms with E-state index in [0.29, 0.717) is 5.25 Å². The van der Waals surface area contributed by atoms with Crippen molar-refractivity contribution < 1.29 is 29.0 Å². The van der Waals surface area contributed by atoms with Gasteiger partial charge in [0.25, 0.3) is 0 Å². The number of aliphatic hydroxyl groups is 1. The number of esters is 2. The van der Waals surface area contributed by atoms with E-state index in [1.807, 2.05) is 0 Å². The van der Waals surface area contributed by atoms with Gasteiger partial charge in [-0.15, -0.1) is 24.2 Å². The fourth-order valence-electron chi connectivity index (χ4n) is 3.31. The van der Waals surface area contributed by atoms with Crippen LogP contribution in [0.4, 0.5) is 0 Å². The van der Waals surface area contributed by atoms with E-state index in [0.717, 1.165) is 30.2 Å². The van der Waals surface area contributed by atoms with Crippen LogP contribution in [-0.2, 0) is 23.9 Å². The number of aliphatic hydroxyl groups excluding tert-OH is 1. The summed E-state index contributed by atoms with van der Waals surface area (Å²) in [6.45, 7) is 8.05. The summed E-state index contributed by atoms with van der Waals surface area (Å²) in [6, 6.07) is 0. The molecule has 0 aliphatic carbocycles. The number of fused-ring (bicyclic) bond motifs is 1. The van der Waals surface area contributed by atoms with Gasteiger partial charge in [-0.25, -0.2) is 4.79 Å². The number of β-lactam (4-membered cyclic amide) rings is 1. The van der Waals surface area contributed by atoms with Crippen molar-refractivity contribution in [2.45, 2.75) is 57.3 Å². The first kappa shape index (κ1) is 25.3. The van der Waals surface area contributed by atoms with Crippen LogP contribution < -0.4 is 5.32 Å². The number of nitrogens with one attached hydrogen (secondary N) is 1. The second-order valence-corrected chi connectivity index (χ2v) is 11.1. The number of carbonyl (C=O) groups excluding carboxylic acids is 3. The molecular weight excluding hydrogens is 452 g/mol. The molecule has 1 amide bonds. The van der Waals surface area contributed by atoms with Gasteiger partial charge in [0.05, 0.1) is 21.7 Å². The lowest BCUT2D eigenvalue weighted by Gasteiger charge is -2.43. The van der Waals surface area contributed by atoms with Crippen LogP contribution in [0.15, 0.2) is 9.93 Å². The molecule has 3 aliphatic rings.